The zero-order chi connectivity index (χ0) is 15.9. The molecule has 2 bridgehead atoms. The molecular formula is C18H26ClN5O. The lowest BCUT2D eigenvalue weighted by Crippen LogP contribution is -2.38. The highest BCUT2D eigenvalue weighted by molar-refractivity contribution is 5.85. The van der Waals surface area contributed by atoms with Gasteiger partial charge in [-0.15, -0.1) is 12.4 Å². The Morgan fingerprint density at radius 1 is 0.880 bits per heavy atom. The van der Waals surface area contributed by atoms with Gasteiger partial charge in [-0.25, -0.2) is 4.98 Å². The van der Waals surface area contributed by atoms with Crippen LogP contribution in [0, 0.1) is 0 Å². The van der Waals surface area contributed by atoms with E-state index in [-0.39, 0.29) is 12.4 Å². The average molecular weight is 364 g/mol. The van der Waals surface area contributed by atoms with Crippen molar-refractivity contribution in [3.05, 3.63) is 12.1 Å². The summed E-state index contributed by atoms with van der Waals surface area (Å²) in [6.45, 7) is 6.75. The van der Waals surface area contributed by atoms with Crippen molar-refractivity contribution < 1.29 is 4.42 Å². The number of oxazole rings is 1. The Balaban J connectivity index is 0.00000157. The molecule has 136 valence electrons. The van der Waals surface area contributed by atoms with Crippen LogP contribution in [0.2, 0.25) is 0 Å². The number of piperidine rings is 2. The maximum Gasteiger partial charge on any atom is 0.300 e. The third kappa shape index (κ3) is 3.17. The first-order valence-corrected chi connectivity index (χ1v) is 9.38. The molecule has 0 N–H and O–H groups in total. The van der Waals surface area contributed by atoms with Gasteiger partial charge < -0.3 is 19.1 Å². The molecule has 2 aromatic heterocycles. The van der Waals surface area contributed by atoms with Gasteiger partial charge in [-0.3, -0.25) is 0 Å². The maximum absolute atomic E-state index is 6.07. The molecule has 4 aliphatic heterocycles. The molecular weight excluding hydrogens is 338 g/mol. The zero-order valence-corrected chi connectivity index (χ0v) is 15.4. The van der Waals surface area contributed by atoms with Gasteiger partial charge in [-0.05, 0) is 44.2 Å². The van der Waals surface area contributed by atoms with E-state index in [0.29, 0.717) is 6.04 Å². The van der Waals surface area contributed by atoms with Gasteiger partial charge >= 0.3 is 0 Å². The highest BCUT2D eigenvalue weighted by atomic mass is 35.5. The molecule has 6 nitrogen and oxygen atoms in total. The van der Waals surface area contributed by atoms with Crippen molar-refractivity contribution >= 4 is 35.5 Å². The predicted octanol–water partition coefficient (Wildman–Crippen LogP) is 2.92. The fraction of sp³-hybridized carbons (Fsp3) is 0.667. The number of hydrogen-bond acceptors (Lipinski definition) is 6. The van der Waals surface area contributed by atoms with Crippen LogP contribution in [0.3, 0.4) is 0 Å². The van der Waals surface area contributed by atoms with Gasteiger partial charge in [0.2, 0.25) is 5.65 Å². The number of anilines is 2. The summed E-state index contributed by atoms with van der Waals surface area (Å²) in [5, 5.41) is 0. The minimum atomic E-state index is 0. The Morgan fingerprint density at radius 2 is 1.68 bits per heavy atom. The van der Waals surface area contributed by atoms with Crippen LogP contribution in [-0.2, 0) is 0 Å². The zero-order valence-electron chi connectivity index (χ0n) is 14.6. The second kappa shape index (κ2) is 7.00. The first kappa shape index (κ1) is 16.9. The van der Waals surface area contributed by atoms with E-state index in [4.69, 9.17) is 14.4 Å². The second-order valence-electron chi connectivity index (χ2n) is 7.30. The number of halogens is 1. The first-order chi connectivity index (χ1) is 11.9. The molecule has 0 amide bonds. The van der Waals surface area contributed by atoms with Crippen LogP contribution < -0.4 is 9.80 Å². The molecule has 0 atom stereocenters. The molecule has 2 aromatic rings. The Morgan fingerprint density at radius 3 is 2.48 bits per heavy atom. The summed E-state index contributed by atoms with van der Waals surface area (Å²) < 4.78 is 6.07. The van der Waals surface area contributed by atoms with Crippen LogP contribution in [0.1, 0.15) is 32.1 Å². The molecule has 6 rings (SSSR count). The molecule has 0 aromatic carbocycles. The fourth-order valence-corrected chi connectivity index (χ4v) is 4.36. The van der Waals surface area contributed by atoms with Crippen molar-refractivity contribution in [1.29, 1.82) is 0 Å². The van der Waals surface area contributed by atoms with E-state index in [2.05, 4.69) is 20.8 Å². The molecule has 7 heteroatoms. The number of pyridine rings is 1. The lowest BCUT2D eigenvalue weighted by atomic mass is 10.1. The summed E-state index contributed by atoms with van der Waals surface area (Å²) in [7, 11) is 0. The third-order valence-electron chi connectivity index (χ3n) is 5.81. The van der Waals surface area contributed by atoms with Gasteiger partial charge in [0.25, 0.3) is 6.01 Å². The van der Waals surface area contributed by atoms with Gasteiger partial charge in [0, 0.05) is 45.3 Å². The highest BCUT2D eigenvalue weighted by Crippen LogP contribution is 2.29. The molecule has 6 heterocycles. The van der Waals surface area contributed by atoms with Gasteiger partial charge in [-0.1, -0.05) is 0 Å². The molecule has 0 aliphatic carbocycles. The highest BCUT2D eigenvalue weighted by Gasteiger charge is 2.31. The summed E-state index contributed by atoms with van der Waals surface area (Å²) in [5.74, 6) is 1.05. The lowest BCUT2D eigenvalue weighted by Gasteiger charge is -2.30. The van der Waals surface area contributed by atoms with Crippen molar-refractivity contribution in [2.24, 2.45) is 0 Å². The predicted molar refractivity (Wildman–Crippen MR) is 102 cm³/mol. The van der Waals surface area contributed by atoms with Gasteiger partial charge in [0.1, 0.15) is 5.82 Å². The van der Waals surface area contributed by atoms with Gasteiger partial charge in [-0.2, -0.15) is 4.98 Å². The largest absolute Gasteiger partial charge is 0.422 e. The summed E-state index contributed by atoms with van der Waals surface area (Å²) in [6, 6.07) is 5.46. The smallest absolute Gasteiger partial charge is 0.300 e. The number of nitrogens with zero attached hydrogens (tertiary/aromatic N) is 5. The van der Waals surface area contributed by atoms with Crippen LogP contribution >= 0.6 is 12.4 Å². The van der Waals surface area contributed by atoms with Crippen molar-refractivity contribution in [3.63, 3.8) is 0 Å². The standard InChI is InChI=1S/C18H25N5O.ClH/c1-2-8-22(9-3-1)16-5-4-15-17(19-16)20-18(24-15)23-13-12-21-10-6-14(23)7-11-21;/h4-5,14H,1-3,6-13H2;1H. The van der Waals surface area contributed by atoms with Crippen LogP contribution in [-0.4, -0.2) is 60.2 Å². The van der Waals surface area contributed by atoms with Crippen molar-refractivity contribution in [2.45, 2.75) is 38.1 Å². The van der Waals surface area contributed by atoms with E-state index in [0.717, 1.165) is 49.2 Å². The van der Waals surface area contributed by atoms with E-state index in [1.54, 1.807) is 0 Å². The number of rotatable bonds is 2. The Labute approximate surface area is 154 Å². The van der Waals surface area contributed by atoms with E-state index in [9.17, 15) is 0 Å². The van der Waals surface area contributed by atoms with Crippen molar-refractivity contribution in [2.75, 3.05) is 49.1 Å². The van der Waals surface area contributed by atoms with Crippen molar-refractivity contribution in [3.8, 4) is 0 Å². The molecule has 0 unspecified atom stereocenters. The number of fused-ring (bicyclic) bond motifs is 5. The molecule has 0 saturated carbocycles. The molecule has 4 fully saturated rings. The monoisotopic (exact) mass is 363 g/mol. The third-order valence-corrected chi connectivity index (χ3v) is 5.81. The van der Waals surface area contributed by atoms with Crippen LogP contribution in [0.5, 0.6) is 0 Å². The van der Waals surface area contributed by atoms with E-state index < -0.39 is 0 Å². The lowest BCUT2D eigenvalue weighted by molar-refractivity contribution is 0.249. The Kier molecular flexibility index (Phi) is 4.73. The molecule has 0 radical (unpaired) electrons. The molecule has 0 spiro atoms. The van der Waals surface area contributed by atoms with Gasteiger partial charge in [0.15, 0.2) is 5.58 Å². The van der Waals surface area contributed by atoms with E-state index in [1.165, 1.54) is 45.2 Å². The number of hydrogen-bond donors (Lipinski definition) is 0. The quantitative estimate of drug-likeness (QED) is 0.817. The van der Waals surface area contributed by atoms with Gasteiger partial charge in [0.05, 0.1) is 0 Å². The van der Waals surface area contributed by atoms with Crippen LogP contribution in [0.25, 0.3) is 11.2 Å². The minimum absolute atomic E-state index is 0. The number of aromatic nitrogens is 2. The summed E-state index contributed by atoms with van der Waals surface area (Å²) in [6.07, 6.45) is 6.28. The molecule has 4 aliphatic rings. The summed E-state index contributed by atoms with van der Waals surface area (Å²) in [5.41, 5.74) is 1.57. The maximum atomic E-state index is 6.07. The van der Waals surface area contributed by atoms with E-state index in [1.807, 2.05) is 6.07 Å². The SMILES string of the molecule is Cl.c1cc2oc(N3CCN4CCC3CC4)nc2nc1N1CCCCC1. The fourth-order valence-electron chi connectivity index (χ4n) is 4.36. The summed E-state index contributed by atoms with van der Waals surface area (Å²) in [4.78, 5) is 16.8. The topological polar surface area (TPSA) is 48.6 Å². The van der Waals surface area contributed by atoms with Crippen molar-refractivity contribution in [1.82, 2.24) is 14.9 Å². The molecule has 25 heavy (non-hydrogen) atoms. The molecule has 4 saturated heterocycles. The van der Waals surface area contributed by atoms with Crippen LogP contribution in [0.4, 0.5) is 11.8 Å². The normalized spacial score (nSPS) is 26.6. The summed E-state index contributed by atoms with van der Waals surface area (Å²) >= 11 is 0. The van der Waals surface area contributed by atoms with Crippen LogP contribution in [0.15, 0.2) is 16.5 Å². The first-order valence-electron chi connectivity index (χ1n) is 9.38. The average Bonchev–Trinajstić information content (AvgIpc) is 2.82. The second-order valence-corrected chi connectivity index (χ2v) is 7.30. The minimum Gasteiger partial charge on any atom is -0.422 e. The Hall–Kier alpha value is -1.53. The van der Waals surface area contributed by atoms with E-state index >= 15 is 0 Å². The Bertz CT molecular complexity index is 721.